The highest BCUT2D eigenvalue weighted by atomic mass is 16.1. The Hall–Kier alpha value is -1.18. The fourth-order valence-corrected chi connectivity index (χ4v) is 9.22. The van der Waals surface area contributed by atoms with Gasteiger partial charge in [0, 0.05) is 11.8 Å². The lowest BCUT2D eigenvalue weighted by Crippen LogP contribution is -2.54. The number of Topliss-reactive ketones (excluding diaryl/α,β-unsaturated/α-hetero) is 1. The van der Waals surface area contributed by atoms with E-state index in [2.05, 4.69) is 26.8 Å². The third-order valence-electron chi connectivity index (χ3n) is 10.5. The van der Waals surface area contributed by atoms with Crippen molar-refractivity contribution in [2.24, 2.45) is 39.9 Å². The van der Waals surface area contributed by atoms with E-state index in [1.54, 1.807) is 0 Å². The number of ketones is 2. The molecule has 7 atom stereocenters. The molecule has 0 amide bonds. The van der Waals surface area contributed by atoms with Gasteiger partial charge in [-0.25, -0.2) is 0 Å². The minimum Gasteiger partial charge on any atom is -0.299 e. The van der Waals surface area contributed by atoms with Crippen LogP contribution in [-0.2, 0) is 9.59 Å². The Bertz CT molecular complexity index is 803. The van der Waals surface area contributed by atoms with Crippen molar-refractivity contribution in [3.8, 4) is 0 Å². The SMILES string of the molecule is CC(=O)[C@@]12CCCC[C@@H]1C[C@H]1[C@@H]3C=C(C)C4=CC(=O)CC[C@]4(C)[C@H]3CC[C@@]12C. The van der Waals surface area contributed by atoms with Crippen molar-refractivity contribution in [1.82, 2.24) is 0 Å². The predicted octanol–water partition coefficient (Wildman–Crippen LogP) is 6.06. The number of hydrogen-bond acceptors (Lipinski definition) is 2. The van der Waals surface area contributed by atoms with E-state index >= 15 is 0 Å². The van der Waals surface area contributed by atoms with Gasteiger partial charge in [0.25, 0.3) is 0 Å². The minimum absolute atomic E-state index is 0.0673. The Labute approximate surface area is 170 Å². The van der Waals surface area contributed by atoms with Crippen LogP contribution in [-0.4, -0.2) is 11.6 Å². The van der Waals surface area contributed by atoms with E-state index in [4.69, 9.17) is 0 Å². The fraction of sp³-hybridized carbons (Fsp3) is 0.769. The number of carbonyl (C=O) groups is 2. The smallest absolute Gasteiger partial charge is 0.156 e. The highest BCUT2D eigenvalue weighted by Gasteiger charge is 2.68. The fourth-order valence-electron chi connectivity index (χ4n) is 9.22. The first-order chi connectivity index (χ1) is 13.2. The summed E-state index contributed by atoms with van der Waals surface area (Å²) in [6.07, 6.45) is 14.8. The summed E-state index contributed by atoms with van der Waals surface area (Å²) in [5.74, 6) is 3.23. The van der Waals surface area contributed by atoms with Crippen molar-refractivity contribution < 1.29 is 9.59 Å². The molecule has 0 saturated heterocycles. The van der Waals surface area contributed by atoms with Crippen molar-refractivity contribution in [3.63, 3.8) is 0 Å². The van der Waals surface area contributed by atoms with E-state index < -0.39 is 0 Å². The number of allylic oxidation sites excluding steroid dienone is 4. The third-order valence-corrected chi connectivity index (χ3v) is 10.5. The Morgan fingerprint density at radius 1 is 1.07 bits per heavy atom. The molecular formula is C26H36O2. The van der Waals surface area contributed by atoms with Crippen LogP contribution in [0.5, 0.6) is 0 Å². The van der Waals surface area contributed by atoms with E-state index in [0.717, 1.165) is 12.8 Å². The topological polar surface area (TPSA) is 34.1 Å². The van der Waals surface area contributed by atoms with Crippen LogP contribution in [0, 0.1) is 39.9 Å². The Balaban J connectivity index is 1.62. The maximum Gasteiger partial charge on any atom is 0.156 e. The van der Waals surface area contributed by atoms with Crippen LogP contribution in [0.15, 0.2) is 23.3 Å². The first-order valence-corrected chi connectivity index (χ1v) is 11.7. The summed E-state index contributed by atoms with van der Waals surface area (Å²) in [5.41, 5.74) is 2.90. The molecule has 5 aliphatic rings. The first-order valence-electron chi connectivity index (χ1n) is 11.7. The molecule has 0 heterocycles. The zero-order valence-corrected chi connectivity index (χ0v) is 18.1. The van der Waals surface area contributed by atoms with Gasteiger partial charge in [-0.05, 0) is 98.5 Å². The highest BCUT2D eigenvalue weighted by molar-refractivity contribution is 5.92. The summed E-state index contributed by atoms with van der Waals surface area (Å²) in [4.78, 5) is 25.3. The minimum atomic E-state index is -0.0673. The maximum absolute atomic E-state index is 13.2. The van der Waals surface area contributed by atoms with Crippen molar-refractivity contribution in [2.75, 3.05) is 0 Å². The molecule has 0 unspecified atom stereocenters. The Morgan fingerprint density at radius 3 is 2.61 bits per heavy atom. The van der Waals surface area contributed by atoms with Gasteiger partial charge < -0.3 is 0 Å². The second-order valence-electron chi connectivity index (χ2n) is 11.2. The molecule has 0 radical (unpaired) electrons. The number of carbonyl (C=O) groups excluding carboxylic acids is 2. The van der Waals surface area contributed by atoms with Gasteiger partial charge in [-0.1, -0.05) is 38.3 Å². The molecule has 0 aromatic heterocycles. The second kappa shape index (κ2) is 5.92. The van der Waals surface area contributed by atoms with Crippen LogP contribution in [0.4, 0.5) is 0 Å². The molecule has 5 rings (SSSR count). The maximum atomic E-state index is 13.2. The van der Waals surface area contributed by atoms with E-state index in [0.29, 0.717) is 41.7 Å². The Morgan fingerprint density at radius 2 is 1.86 bits per heavy atom. The van der Waals surface area contributed by atoms with Crippen LogP contribution in [0.3, 0.4) is 0 Å². The molecule has 0 bridgehead atoms. The second-order valence-corrected chi connectivity index (χ2v) is 11.2. The number of hydrogen-bond donors (Lipinski definition) is 0. The van der Waals surface area contributed by atoms with Crippen molar-refractivity contribution in [3.05, 3.63) is 23.3 Å². The monoisotopic (exact) mass is 380 g/mol. The molecule has 0 N–H and O–H groups in total. The van der Waals surface area contributed by atoms with Gasteiger partial charge in [0.2, 0.25) is 0 Å². The molecule has 0 aliphatic heterocycles. The summed E-state index contributed by atoms with van der Waals surface area (Å²) >= 11 is 0. The van der Waals surface area contributed by atoms with Gasteiger partial charge in [-0.3, -0.25) is 9.59 Å². The third kappa shape index (κ3) is 2.10. The summed E-state index contributed by atoms with van der Waals surface area (Å²) in [7, 11) is 0. The van der Waals surface area contributed by atoms with E-state index in [-0.39, 0.29) is 16.2 Å². The quantitative estimate of drug-likeness (QED) is 0.554. The number of rotatable bonds is 1. The highest BCUT2D eigenvalue weighted by Crippen LogP contribution is 2.73. The summed E-state index contributed by atoms with van der Waals surface area (Å²) in [6, 6.07) is 0. The van der Waals surface area contributed by atoms with Crippen LogP contribution >= 0.6 is 0 Å². The van der Waals surface area contributed by atoms with Crippen molar-refractivity contribution >= 4 is 11.6 Å². The largest absolute Gasteiger partial charge is 0.299 e. The lowest BCUT2D eigenvalue weighted by Gasteiger charge is -2.59. The van der Waals surface area contributed by atoms with Crippen LogP contribution < -0.4 is 0 Å². The number of fused-ring (bicyclic) bond motifs is 7. The first kappa shape index (κ1) is 18.8. The molecule has 2 heteroatoms. The van der Waals surface area contributed by atoms with Gasteiger partial charge in [0.1, 0.15) is 5.78 Å². The van der Waals surface area contributed by atoms with Gasteiger partial charge in [0.05, 0.1) is 0 Å². The van der Waals surface area contributed by atoms with Crippen LogP contribution in [0.25, 0.3) is 0 Å². The van der Waals surface area contributed by atoms with Crippen LogP contribution in [0.2, 0.25) is 0 Å². The lowest BCUT2D eigenvalue weighted by atomic mass is 9.44. The normalized spacial score (nSPS) is 49.9. The molecule has 0 aromatic rings. The van der Waals surface area contributed by atoms with E-state index in [9.17, 15) is 9.59 Å². The van der Waals surface area contributed by atoms with Gasteiger partial charge in [-0.15, -0.1) is 0 Å². The predicted molar refractivity (Wildman–Crippen MR) is 112 cm³/mol. The molecule has 2 nitrogen and oxygen atoms in total. The molecule has 3 fully saturated rings. The van der Waals surface area contributed by atoms with E-state index in [1.165, 1.54) is 49.7 Å². The standard InChI is InChI=1S/C26H36O2/c1-16-13-20-21(24(3)11-8-19(28)15-22(16)24)9-12-25(4)23(20)14-18-7-5-6-10-26(18,25)17(2)27/h13,15,18,20-21,23H,5-12,14H2,1-4H3/t18-,20-,21+,23+,24-,25+,26+/m1/s1. The van der Waals surface area contributed by atoms with Crippen molar-refractivity contribution in [1.29, 1.82) is 0 Å². The zero-order valence-electron chi connectivity index (χ0n) is 18.1. The van der Waals surface area contributed by atoms with Crippen molar-refractivity contribution in [2.45, 2.75) is 85.5 Å². The molecule has 28 heavy (non-hydrogen) atoms. The average molecular weight is 381 g/mol. The molecule has 0 aromatic carbocycles. The average Bonchev–Trinajstić information content (AvgIpc) is 2.94. The summed E-state index contributed by atoms with van der Waals surface area (Å²) < 4.78 is 0. The van der Waals surface area contributed by atoms with Gasteiger partial charge in [0.15, 0.2) is 5.78 Å². The summed E-state index contributed by atoms with van der Waals surface area (Å²) in [6.45, 7) is 9.05. The Kier molecular flexibility index (Phi) is 3.98. The van der Waals surface area contributed by atoms with Gasteiger partial charge in [-0.2, -0.15) is 0 Å². The molecular weight excluding hydrogens is 344 g/mol. The molecule has 152 valence electrons. The summed E-state index contributed by atoms with van der Waals surface area (Å²) in [5, 5.41) is 0. The van der Waals surface area contributed by atoms with E-state index in [1.807, 2.05) is 13.0 Å². The molecule has 0 spiro atoms. The molecule has 5 aliphatic carbocycles. The zero-order chi connectivity index (χ0) is 19.9. The van der Waals surface area contributed by atoms with Crippen LogP contribution in [0.1, 0.15) is 85.5 Å². The molecule has 3 saturated carbocycles. The lowest BCUT2D eigenvalue weighted by molar-refractivity contribution is -0.145. The van der Waals surface area contributed by atoms with Gasteiger partial charge >= 0.3 is 0 Å².